The minimum atomic E-state index is 0.518. The molecule has 1 heterocycles. The lowest BCUT2D eigenvalue weighted by molar-refractivity contribution is 0.122. The monoisotopic (exact) mass is 297 g/mol. The van der Waals surface area contributed by atoms with Crippen LogP contribution in [-0.2, 0) is 0 Å². The number of nitrogens with one attached hydrogen (secondary N) is 2. The number of hydrogen-bond donors (Lipinski definition) is 2. The first-order chi connectivity index (χ1) is 10.2. The quantitative estimate of drug-likeness (QED) is 0.403. The van der Waals surface area contributed by atoms with Gasteiger partial charge in [0.15, 0.2) is 5.96 Å². The Balaban J connectivity index is 2.33. The number of guanidine groups is 1. The highest BCUT2D eigenvalue weighted by molar-refractivity contribution is 5.79. The van der Waals surface area contributed by atoms with E-state index in [2.05, 4.69) is 48.3 Å². The van der Waals surface area contributed by atoms with E-state index in [0.717, 1.165) is 38.7 Å². The van der Waals surface area contributed by atoms with Crippen molar-refractivity contribution in [1.82, 2.24) is 20.4 Å². The number of nitrogens with zero attached hydrogens (tertiary/aromatic N) is 3. The van der Waals surface area contributed by atoms with Crippen LogP contribution in [0.5, 0.6) is 0 Å². The molecule has 1 saturated heterocycles. The van der Waals surface area contributed by atoms with Gasteiger partial charge in [-0.2, -0.15) is 0 Å². The van der Waals surface area contributed by atoms with Gasteiger partial charge in [-0.25, -0.2) is 0 Å². The Labute approximate surface area is 131 Å². The van der Waals surface area contributed by atoms with E-state index in [9.17, 15) is 0 Å². The summed E-state index contributed by atoms with van der Waals surface area (Å²) in [7, 11) is 2.20. The van der Waals surface area contributed by atoms with Gasteiger partial charge in [-0.3, -0.25) is 9.89 Å². The number of unbranched alkanes of at least 4 members (excludes halogenated alkanes) is 2. The number of likely N-dealkylation sites (N-methyl/N-ethyl adjacent to an activating group) is 1. The fourth-order valence-electron chi connectivity index (χ4n) is 2.53. The molecular weight excluding hydrogens is 262 g/mol. The largest absolute Gasteiger partial charge is 0.357 e. The van der Waals surface area contributed by atoms with Crippen LogP contribution in [0, 0.1) is 0 Å². The third kappa shape index (κ3) is 7.67. The Bertz CT molecular complexity index is 284. The zero-order valence-electron chi connectivity index (χ0n) is 14.5. The Kier molecular flexibility index (Phi) is 9.42. The topological polar surface area (TPSA) is 42.9 Å². The second-order valence-corrected chi connectivity index (χ2v) is 6.04. The molecule has 0 aromatic heterocycles. The van der Waals surface area contributed by atoms with Crippen LogP contribution in [0.1, 0.15) is 40.0 Å². The van der Waals surface area contributed by atoms with E-state index < -0.39 is 0 Å². The molecular formula is C16H35N5. The number of piperazine rings is 1. The van der Waals surface area contributed by atoms with Crippen molar-refractivity contribution in [2.24, 2.45) is 4.99 Å². The smallest absolute Gasteiger partial charge is 0.191 e. The fraction of sp³-hybridized carbons (Fsp3) is 0.938. The van der Waals surface area contributed by atoms with Crippen molar-refractivity contribution < 1.29 is 0 Å². The highest BCUT2D eigenvalue weighted by Crippen LogP contribution is 2.05. The van der Waals surface area contributed by atoms with Gasteiger partial charge in [0.05, 0.1) is 6.54 Å². The molecule has 2 N–H and O–H groups in total. The predicted molar refractivity (Wildman–Crippen MR) is 92.0 cm³/mol. The molecule has 0 amide bonds. The Morgan fingerprint density at radius 2 is 1.81 bits per heavy atom. The molecule has 1 rings (SSSR count). The second kappa shape index (κ2) is 10.9. The molecule has 1 atom stereocenters. The van der Waals surface area contributed by atoms with E-state index >= 15 is 0 Å². The van der Waals surface area contributed by atoms with Crippen LogP contribution in [0.3, 0.4) is 0 Å². The van der Waals surface area contributed by atoms with Crippen molar-refractivity contribution in [3.05, 3.63) is 0 Å². The summed E-state index contributed by atoms with van der Waals surface area (Å²) in [5.74, 6) is 0.967. The summed E-state index contributed by atoms with van der Waals surface area (Å²) in [6.07, 6.45) is 3.76. The van der Waals surface area contributed by atoms with Crippen molar-refractivity contribution in [2.75, 3.05) is 52.9 Å². The third-order valence-corrected chi connectivity index (χ3v) is 4.09. The van der Waals surface area contributed by atoms with Crippen molar-refractivity contribution in [2.45, 2.75) is 46.1 Å². The van der Waals surface area contributed by atoms with E-state index in [0.29, 0.717) is 6.04 Å². The van der Waals surface area contributed by atoms with Gasteiger partial charge >= 0.3 is 0 Å². The molecule has 0 aromatic carbocycles. The Morgan fingerprint density at radius 3 is 2.43 bits per heavy atom. The standard InChI is InChI=1S/C16H35N5/c1-5-7-8-9-18-16(17-6-2)19-14-15(3)21-12-10-20(4)11-13-21/h15H,5-14H2,1-4H3,(H2,17,18,19). The minimum absolute atomic E-state index is 0.518. The highest BCUT2D eigenvalue weighted by atomic mass is 15.3. The lowest BCUT2D eigenvalue weighted by atomic mass is 10.2. The van der Waals surface area contributed by atoms with Crippen LogP contribution < -0.4 is 10.6 Å². The number of hydrogen-bond acceptors (Lipinski definition) is 3. The van der Waals surface area contributed by atoms with Crippen LogP contribution in [-0.4, -0.2) is 74.7 Å². The zero-order chi connectivity index (χ0) is 15.5. The lowest BCUT2D eigenvalue weighted by Crippen LogP contribution is -2.49. The van der Waals surface area contributed by atoms with Crippen LogP contribution in [0.2, 0.25) is 0 Å². The Hall–Kier alpha value is -0.810. The molecule has 0 aliphatic carbocycles. The average Bonchev–Trinajstić information content (AvgIpc) is 2.49. The van der Waals surface area contributed by atoms with Gasteiger partial charge in [-0.15, -0.1) is 0 Å². The Morgan fingerprint density at radius 1 is 1.10 bits per heavy atom. The third-order valence-electron chi connectivity index (χ3n) is 4.09. The summed E-state index contributed by atoms with van der Waals surface area (Å²) in [4.78, 5) is 9.68. The van der Waals surface area contributed by atoms with Crippen LogP contribution >= 0.6 is 0 Å². The maximum absolute atomic E-state index is 4.74. The first kappa shape index (κ1) is 18.2. The van der Waals surface area contributed by atoms with Gasteiger partial charge < -0.3 is 15.5 Å². The van der Waals surface area contributed by atoms with Gasteiger partial charge in [0.1, 0.15) is 0 Å². The predicted octanol–water partition coefficient (Wildman–Crippen LogP) is 1.37. The molecule has 1 fully saturated rings. The number of rotatable bonds is 8. The molecule has 1 unspecified atom stereocenters. The summed E-state index contributed by atoms with van der Waals surface area (Å²) in [5, 5.41) is 6.77. The fourth-order valence-corrected chi connectivity index (χ4v) is 2.53. The van der Waals surface area contributed by atoms with Gasteiger partial charge in [0, 0.05) is 45.3 Å². The summed E-state index contributed by atoms with van der Waals surface area (Å²) in [5.41, 5.74) is 0. The molecule has 0 saturated carbocycles. The molecule has 1 aliphatic rings. The first-order valence-electron chi connectivity index (χ1n) is 8.62. The van der Waals surface area contributed by atoms with Crippen molar-refractivity contribution in [3.8, 4) is 0 Å². The maximum atomic E-state index is 4.74. The molecule has 21 heavy (non-hydrogen) atoms. The van der Waals surface area contributed by atoms with Crippen LogP contribution in [0.4, 0.5) is 0 Å². The molecule has 1 aliphatic heterocycles. The molecule has 0 aromatic rings. The van der Waals surface area contributed by atoms with E-state index in [4.69, 9.17) is 4.99 Å². The molecule has 0 spiro atoms. The van der Waals surface area contributed by atoms with Gasteiger partial charge in [0.2, 0.25) is 0 Å². The second-order valence-electron chi connectivity index (χ2n) is 6.04. The number of aliphatic imine (C=N–C) groups is 1. The normalized spacial score (nSPS) is 19.5. The molecule has 5 nitrogen and oxygen atoms in total. The molecule has 5 heteroatoms. The SMILES string of the molecule is CCCCCNC(=NCC(C)N1CCN(C)CC1)NCC. The van der Waals surface area contributed by atoms with E-state index in [1.165, 1.54) is 32.4 Å². The van der Waals surface area contributed by atoms with E-state index in [1.54, 1.807) is 0 Å². The molecule has 0 radical (unpaired) electrons. The van der Waals surface area contributed by atoms with Crippen LogP contribution in [0.15, 0.2) is 4.99 Å². The van der Waals surface area contributed by atoms with Gasteiger partial charge in [-0.1, -0.05) is 19.8 Å². The molecule has 0 bridgehead atoms. The lowest BCUT2D eigenvalue weighted by Gasteiger charge is -2.35. The van der Waals surface area contributed by atoms with Crippen molar-refractivity contribution in [1.29, 1.82) is 0 Å². The van der Waals surface area contributed by atoms with Crippen molar-refractivity contribution in [3.63, 3.8) is 0 Å². The average molecular weight is 297 g/mol. The molecule has 124 valence electrons. The van der Waals surface area contributed by atoms with Gasteiger partial charge in [0.25, 0.3) is 0 Å². The van der Waals surface area contributed by atoms with Gasteiger partial charge in [-0.05, 0) is 27.3 Å². The zero-order valence-corrected chi connectivity index (χ0v) is 14.5. The first-order valence-corrected chi connectivity index (χ1v) is 8.62. The van der Waals surface area contributed by atoms with Crippen LogP contribution in [0.25, 0.3) is 0 Å². The maximum Gasteiger partial charge on any atom is 0.191 e. The van der Waals surface area contributed by atoms with E-state index in [-0.39, 0.29) is 0 Å². The summed E-state index contributed by atoms with van der Waals surface area (Å²) >= 11 is 0. The highest BCUT2D eigenvalue weighted by Gasteiger charge is 2.18. The summed E-state index contributed by atoms with van der Waals surface area (Å²) in [6.45, 7) is 14.1. The summed E-state index contributed by atoms with van der Waals surface area (Å²) in [6, 6.07) is 0.518. The minimum Gasteiger partial charge on any atom is -0.357 e. The summed E-state index contributed by atoms with van der Waals surface area (Å²) < 4.78 is 0. The van der Waals surface area contributed by atoms with E-state index in [1.807, 2.05) is 0 Å². The van der Waals surface area contributed by atoms with Crippen molar-refractivity contribution >= 4 is 5.96 Å².